The minimum absolute atomic E-state index is 0.0287. The second-order valence-electron chi connectivity index (χ2n) is 5.00. The van der Waals surface area contributed by atoms with Gasteiger partial charge in [0.15, 0.2) is 0 Å². The summed E-state index contributed by atoms with van der Waals surface area (Å²) in [4.78, 5) is 0. The van der Waals surface area contributed by atoms with Crippen LogP contribution in [0.15, 0.2) is 0 Å². The number of aliphatic hydroxyl groups excluding tert-OH is 1. The van der Waals surface area contributed by atoms with Crippen molar-refractivity contribution in [3.8, 4) is 0 Å². The third kappa shape index (κ3) is 3.84. The Bertz CT molecular complexity index is 207. The third-order valence-electron chi connectivity index (χ3n) is 2.45. The zero-order valence-electron chi connectivity index (χ0n) is 10.2. The molecule has 0 aliphatic carbocycles. The molecule has 15 heavy (non-hydrogen) atoms. The van der Waals surface area contributed by atoms with Gasteiger partial charge in [0, 0.05) is 10.00 Å². The highest BCUT2D eigenvalue weighted by Gasteiger charge is 2.40. The normalized spacial score (nSPS) is 36.6. The van der Waals surface area contributed by atoms with E-state index in [0.717, 1.165) is 6.42 Å². The molecule has 0 saturated carbocycles. The van der Waals surface area contributed by atoms with Gasteiger partial charge in [0.1, 0.15) is 0 Å². The highest BCUT2D eigenvalue weighted by Crippen LogP contribution is 2.47. The third-order valence-corrected chi connectivity index (χ3v) is 6.30. The van der Waals surface area contributed by atoms with Crippen LogP contribution in [0.2, 0.25) is 0 Å². The van der Waals surface area contributed by atoms with Crippen molar-refractivity contribution in [2.24, 2.45) is 0 Å². The van der Waals surface area contributed by atoms with Gasteiger partial charge in [0.05, 0.1) is 18.3 Å². The van der Waals surface area contributed by atoms with Gasteiger partial charge in [-0.3, -0.25) is 0 Å². The Hall–Kier alpha value is 0.620. The first-order valence-electron chi connectivity index (χ1n) is 5.51. The van der Waals surface area contributed by atoms with E-state index in [0.29, 0.717) is 5.25 Å². The largest absolute Gasteiger partial charge is 0.390 e. The monoisotopic (exact) mass is 250 g/mol. The average molecular weight is 250 g/mol. The van der Waals surface area contributed by atoms with Crippen LogP contribution < -0.4 is 0 Å². The van der Waals surface area contributed by atoms with E-state index < -0.39 is 0 Å². The van der Waals surface area contributed by atoms with Crippen LogP contribution in [0.5, 0.6) is 0 Å². The van der Waals surface area contributed by atoms with Gasteiger partial charge in [-0.05, 0) is 34.1 Å². The number of aliphatic hydroxyl groups is 1. The highest BCUT2D eigenvalue weighted by atomic mass is 33.1. The summed E-state index contributed by atoms with van der Waals surface area (Å²) < 4.78 is 5.83. The van der Waals surface area contributed by atoms with E-state index in [-0.39, 0.29) is 23.1 Å². The molecule has 0 bridgehead atoms. The van der Waals surface area contributed by atoms with Gasteiger partial charge < -0.3 is 9.84 Å². The van der Waals surface area contributed by atoms with Crippen LogP contribution in [0, 0.1) is 0 Å². The van der Waals surface area contributed by atoms with E-state index >= 15 is 0 Å². The summed E-state index contributed by atoms with van der Waals surface area (Å²) in [6.45, 7) is 10.5. The summed E-state index contributed by atoms with van der Waals surface area (Å²) in [5, 5.41) is 10.6. The van der Waals surface area contributed by atoms with Crippen LogP contribution in [0.25, 0.3) is 0 Å². The number of hydrogen-bond donors (Lipinski definition) is 1. The molecular weight excluding hydrogens is 228 g/mol. The topological polar surface area (TPSA) is 29.5 Å². The van der Waals surface area contributed by atoms with Gasteiger partial charge in [-0.2, -0.15) is 0 Å². The Morgan fingerprint density at radius 3 is 2.53 bits per heavy atom. The van der Waals surface area contributed by atoms with Crippen molar-refractivity contribution in [2.45, 2.75) is 69.3 Å². The maximum atomic E-state index is 10.2. The van der Waals surface area contributed by atoms with E-state index in [4.69, 9.17) is 4.74 Å². The van der Waals surface area contributed by atoms with Crippen molar-refractivity contribution in [3.63, 3.8) is 0 Å². The molecule has 4 heteroatoms. The number of hydrogen-bond acceptors (Lipinski definition) is 4. The molecule has 1 aliphatic rings. The number of ether oxygens (including phenoxy) is 1. The first kappa shape index (κ1) is 13.7. The van der Waals surface area contributed by atoms with E-state index in [1.807, 2.05) is 35.4 Å². The fourth-order valence-electron chi connectivity index (χ4n) is 1.77. The lowest BCUT2D eigenvalue weighted by Crippen LogP contribution is -2.44. The summed E-state index contributed by atoms with van der Waals surface area (Å²) in [7, 11) is 3.69. The van der Waals surface area contributed by atoms with Crippen molar-refractivity contribution in [3.05, 3.63) is 0 Å². The van der Waals surface area contributed by atoms with Crippen LogP contribution in [0.3, 0.4) is 0 Å². The lowest BCUT2D eigenvalue weighted by molar-refractivity contribution is -0.0795. The molecule has 0 radical (unpaired) electrons. The van der Waals surface area contributed by atoms with E-state index in [1.165, 1.54) is 0 Å². The van der Waals surface area contributed by atoms with Crippen LogP contribution in [-0.2, 0) is 4.74 Å². The zero-order chi connectivity index (χ0) is 11.6. The van der Waals surface area contributed by atoms with E-state index in [1.54, 1.807) is 0 Å². The predicted octanol–water partition coefficient (Wildman–Crippen LogP) is 3.09. The smallest absolute Gasteiger partial charge is 0.0986 e. The first-order chi connectivity index (χ1) is 6.83. The molecule has 1 aliphatic heterocycles. The van der Waals surface area contributed by atoms with Gasteiger partial charge >= 0.3 is 0 Å². The standard InChI is InChI=1S/C11H22O2S2/c1-7(2)13-10-9(12)6-8(3)14-15-11(10,4)5/h7-10,12H,6H2,1-5H3. The highest BCUT2D eigenvalue weighted by molar-refractivity contribution is 8.77. The van der Waals surface area contributed by atoms with E-state index in [9.17, 15) is 5.11 Å². The molecule has 0 aromatic rings. The quantitative estimate of drug-likeness (QED) is 0.763. The van der Waals surface area contributed by atoms with Crippen LogP contribution in [0.1, 0.15) is 41.0 Å². The van der Waals surface area contributed by atoms with E-state index in [2.05, 4.69) is 20.8 Å². The molecule has 3 atom stereocenters. The molecule has 0 aromatic carbocycles. The minimum atomic E-state index is -0.347. The molecule has 0 spiro atoms. The first-order valence-corrected chi connectivity index (χ1v) is 7.72. The van der Waals surface area contributed by atoms with Gasteiger partial charge in [-0.15, -0.1) is 0 Å². The molecule has 1 saturated heterocycles. The fourth-order valence-corrected chi connectivity index (χ4v) is 4.52. The van der Waals surface area contributed by atoms with Crippen molar-refractivity contribution in [2.75, 3.05) is 0 Å². The second-order valence-corrected chi connectivity index (χ2v) is 8.30. The number of rotatable bonds is 2. The SMILES string of the molecule is CC(C)OC1C(O)CC(C)SSC1(C)C. The van der Waals surface area contributed by atoms with Crippen molar-refractivity contribution in [1.82, 2.24) is 0 Å². The maximum absolute atomic E-state index is 10.2. The molecule has 1 N–H and O–H groups in total. The Morgan fingerprint density at radius 2 is 2.00 bits per heavy atom. The van der Waals surface area contributed by atoms with Crippen molar-refractivity contribution in [1.29, 1.82) is 0 Å². The van der Waals surface area contributed by atoms with Gasteiger partial charge in [0.2, 0.25) is 0 Å². The minimum Gasteiger partial charge on any atom is -0.390 e. The summed E-state index contributed by atoms with van der Waals surface area (Å²) >= 11 is 0. The Kier molecular flexibility index (Phi) is 4.84. The lowest BCUT2D eigenvalue weighted by atomic mass is 9.97. The van der Waals surface area contributed by atoms with Gasteiger partial charge in [-0.1, -0.05) is 28.5 Å². The van der Waals surface area contributed by atoms with Crippen molar-refractivity contribution >= 4 is 21.6 Å². The molecule has 1 heterocycles. The predicted molar refractivity (Wildman–Crippen MR) is 69.4 cm³/mol. The zero-order valence-corrected chi connectivity index (χ0v) is 11.8. The molecule has 0 amide bonds. The molecule has 2 nitrogen and oxygen atoms in total. The molecule has 90 valence electrons. The Balaban J connectivity index is 2.76. The lowest BCUT2D eigenvalue weighted by Gasteiger charge is -2.35. The second kappa shape index (κ2) is 5.30. The molecule has 1 fully saturated rings. The van der Waals surface area contributed by atoms with Crippen LogP contribution in [-0.4, -0.2) is 33.4 Å². The summed E-state index contributed by atoms with van der Waals surface area (Å²) in [5.41, 5.74) is 0. The van der Waals surface area contributed by atoms with Gasteiger partial charge in [-0.25, -0.2) is 0 Å². The molecule has 3 unspecified atom stereocenters. The molecular formula is C11H22O2S2. The van der Waals surface area contributed by atoms with Crippen LogP contribution >= 0.6 is 21.6 Å². The van der Waals surface area contributed by atoms with Crippen LogP contribution in [0.4, 0.5) is 0 Å². The molecule has 0 aromatic heterocycles. The van der Waals surface area contributed by atoms with Crippen molar-refractivity contribution < 1.29 is 9.84 Å². The Morgan fingerprint density at radius 1 is 1.40 bits per heavy atom. The Labute approximate surface area is 101 Å². The maximum Gasteiger partial charge on any atom is 0.0986 e. The fraction of sp³-hybridized carbons (Fsp3) is 1.00. The summed E-state index contributed by atoms with van der Waals surface area (Å²) in [6.07, 6.45) is 0.571. The summed E-state index contributed by atoms with van der Waals surface area (Å²) in [6, 6.07) is 0. The summed E-state index contributed by atoms with van der Waals surface area (Å²) in [5.74, 6) is 0. The molecule has 1 rings (SSSR count). The van der Waals surface area contributed by atoms with Gasteiger partial charge in [0.25, 0.3) is 0 Å². The average Bonchev–Trinajstić information content (AvgIpc) is 2.17.